The number of aliphatic hydroxyl groups is 1. The molecule has 1 aliphatic carbocycles. The SMILES string of the molecule is CC(O)C1(C2CCCCC2)N=N1. The summed E-state index contributed by atoms with van der Waals surface area (Å²) in [7, 11) is 0. The standard InChI is InChI=1S/C9H16N2O/c1-7(12)9(10-11-9)8-5-3-2-4-6-8/h7-8,12H,2-6H2,1H3. The maximum Gasteiger partial charge on any atom is 0.218 e. The quantitative estimate of drug-likeness (QED) is 0.674. The summed E-state index contributed by atoms with van der Waals surface area (Å²) in [5.41, 5.74) is -0.375. The molecule has 0 saturated heterocycles. The molecule has 1 saturated carbocycles. The van der Waals surface area contributed by atoms with E-state index in [2.05, 4.69) is 10.2 Å². The predicted octanol–water partition coefficient (Wildman–Crippen LogP) is 2.11. The Morgan fingerprint density at radius 3 is 2.25 bits per heavy atom. The molecule has 1 aliphatic heterocycles. The van der Waals surface area contributed by atoms with E-state index < -0.39 is 0 Å². The van der Waals surface area contributed by atoms with Crippen molar-refractivity contribution in [3.63, 3.8) is 0 Å². The molecule has 3 nitrogen and oxygen atoms in total. The van der Waals surface area contributed by atoms with Crippen LogP contribution in [-0.4, -0.2) is 16.9 Å². The van der Waals surface area contributed by atoms with Crippen molar-refractivity contribution in [1.29, 1.82) is 0 Å². The predicted molar refractivity (Wildman–Crippen MR) is 45.8 cm³/mol. The minimum Gasteiger partial charge on any atom is -0.389 e. The summed E-state index contributed by atoms with van der Waals surface area (Å²) in [6, 6.07) is 0. The summed E-state index contributed by atoms with van der Waals surface area (Å²) in [6.45, 7) is 1.80. The van der Waals surface area contributed by atoms with Gasteiger partial charge < -0.3 is 5.11 Å². The summed E-state index contributed by atoms with van der Waals surface area (Å²) < 4.78 is 0. The molecule has 1 atom stereocenters. The second-order valence-electron chi connectivity index (χ2n) is 3.99. The largest absolute Gasteiger partial charge is 0.389 e. The smallest absolute Gasteiger partial charge is 0.218 e. The van der Waals surface area contributed by atoms with Gasteiger partial charge in [-0.25, -0.2) is 0 Å². The Morgan fingerprint density at radius 1 is 1.25 bits per heavy atom. The van der Waals surface area contributed by atoms with E-state index in [-0.39, 0.29) is 11.8 Å². The lowest BCUT2D eigenvalue weighted by Gasteiger charge is -2.28. The molecule has 2 aliphatic rings. The third kappa shape index (κ3) is 1.16. The zero-order valence-corrected chi connectivity index (χ0v) is 7.53. The molecule has 68 valence electrons. The topological polar surface area (TPSA) is 45.0 Å². The molecule has 1 unspecified atom stereocenters. The first-order valence-electron chi connectivity index (χ1n) is 4.88. The molecule has 1 heterocycles. The van der Waals surface area contributed by atoms with Crippen LogP contribution < -0.4 is 0 Å². The molecule has 1 N–H and O–H groups in total. The van der Waals surface area contributed by atoms with Crippen LogP contribution in [0.2, 0.25) is 0 Å². The Bertz CT molecular complexity index is 189. The lowest BCUT2D eigenvalue weighted by molar-refractivity contribution is 0.0921. The zero-order chi connectivity index (χ0) is 8.60. The Hall–Kier alpha value is -0.440. The first kappa shape index (κ1) is 8.17. The van der Waals surface area contributed by atoms with Gasteiger partial charge in [-0.1, -0.05) is 19.3 Å². The highest BCUT2D eigenvalue weighted by molar-refractivity contribution is 5.03. The van der Waals surface area contributed by atoms with E-state index in [9.17, 15) is 5.11 Å². The maximum atomic E-state index is 9.51. The van der Waals surface area contributed by atoms with Crippen molar-refractivity contribution in [3.8, 4) is 0 Å². The fourth-order valence-corrected chi connectivity index (χ4v) is 2.26. The first-order chi connectivity index (χ1) is 5.76. The minimum atomic E-state index is -0.388. The van der Waals surface area contributed by atoms with Crippen LogP contribution in [0.4, 0.5) is 0 Å². The number of hydrogen-bond donors (Lipinski definition) is 1. The summed E-state index contributed by atoms with van der Waals surface area (Å²) in [6.07, 6.45) is 5.90. The second kappa shape index (κ2) is 2.80. The fraction of sp³-hybridized carbons (Fsp3) is 1.00. The summed E-state index contributed by atoms with van der Waals surface area (Å²) in [5, 5.41) is 17.6. The second-order valence-corrected chi connectivity index (χ2v) is 3.99. The molecule has 0 radical (unpaired) electrons. The lowest BCUT2D eigenvalue weighted by Crippen LogP contribution is -2.36. The van der Waals surface area contributed by atoms with E-state index >= 15 is 0 Å². The van der Waals surface area contributed by atoms with Gasteiger partial charge in [-0.05, 0) is 19.8 Å². The molecule has 2 rings (SSSR count). The van der Waals surface area contributed by atoms with Gasteiger partial charge in [-0.3, -0.25) is 0 Å². The highest BCUT2D eigenvalue weighted by Gasteiger charge is 2.51. The highest BCUT2D eigenvalue weighted by atomic mass is 16.3. The number of aliphatic hydroxyl groups excluding tert-OH is 1. The summed E-state index contributed by atoms with van der Waals surface area (Å²) in [4.78, 5) is 0. The maximum absolute atomic E-state index is 9.51. The van der Waals surface area contributed by atoms with Crippen LogP contribution in [0.1, 0.15) is 39.0 Å². The van der Waals surface area contributed by atoms with Crippen LogP contribution >= 0.6 is 0 Å². The molecule has 0 bridgehead atoms. The van der Waals surface area contributed by atoms with Crippen molar-refractivity contribution in [2.75, 3.05) is 0 Å². The highest BCUT2D eigenvalue weighted by Crippen LogP contribution is 2.45. The van der Waals surface area contributed by atoms with Gasteiger partial charge in [0.15, 0.2) is 0 Å². The zero-order valence-electron chi connectivity index (χ0n) is 7.53. The van der Waals surface area contributed by atoms with E-state index in [1.807, 2.05) is 0 Å². The van der Waals surface area contributed by atoms with Crippen LogP contribution in [0, 0.1) is 5.92 Å². The lowest BCUT2D eigenvalue weighted by atomic mass is 9.80. The van der Waals surface area contributed by atoms with Crippen molar-refractivity contribution >= 4 is 0 Å². The molecule has 0 aromatic rings. The molecule has 3 heteroatoms. The van der Waals surface area contributed by atoms with Crippen LogP contribution in [0.15, 0.2) is 10.2 Å². The normalized spacial score (nSPS) is 30.2. The molecule has 0 spiro atoms. The summed E-state index contributed by atoms with van der Waals surface area (Å²) in [5.74, 6) is 0.520. The van der Waals surface area contributed by atoms with Gasteiger partial charge in [0, 0.05) is 5.92 Å². The van der Waals surface area contributed by atoms with Gasteiger partial charge in [0.05, 0.1) is 0 Å². The first-order valence-corrected chi connectivity index (χ1v) is 4.88. The Kier molecular flexibility index (Phi) is 1.91. The van der Waals surface area contributed by atoms with Crippen LogP contribution in [0.25, 0.3) is 0 Å². The number of nitrogens with zero attached hydrogens (tertiary/aromatic N) is 2. The number of rotatable bonds is 2. The summed E-state index contributed by atoms with van der Waals surface area (Å²) >= 11 is 0. The van der Waals surface area contributed by atoms with Crippen LogP contribution in [0.3, 0.4) is 0 Å². The van der Waals surface area contributed by atoms with E-state index in [1.54, 1.807) is 6.92 Å². The fourth-order valence-electron chi connectivity index (χ4n) is 2.26. The molecule has 0 aromatic carbocycles. The van der Waals surface area contributed by atoms with Gasteiger partial charge in [0.1, 0.15) is 6.10 Å². The molecule has 0 aromatic heterocycles. The average Bonchev–Trinajstić information content (AvgIpc) is 2.86. The molecule has 12 heavy (non-hydrogen) atoms. The Labute approximate surface area is 72.9 Å². The van der Waals surface area contributed by atoms with Crippen molar-refractivity contribution in [1.82, 2.24) is 0 Å². The van der Waals surface area contributed by atoms with E-state index in [0.717, 1.165) is 0 Å². The molecular weight excluding hydrogens is 152 g/mol. The third-order valence-electron chi connectivity index (χ3n) is 3.15. The van der Waals surface area contributed by atoms with Gasteiger partial charge in [0.25, 0.3) is 0 Å². The monoisotopic (exact) mass is 168 g/mol. The Morgan fingerprint density at radius 2 is 1.83 bits per heavy atom. The van der Waals surface area contributed by atoms with Gasteiger partial charge in [0.2, 0.25) is 5.66 Å². The third-order valence-corrected chi connectivity index (χ3v) is 3.15. The molecular formula is C9H16N2O. The van der Waals surface area contributed by atoms with Crippen molar-refractivity contribution in [2.45, 2.75) is 50.8 Å². The van der Waals surface area contributed by atoms with E-state index in [4.69, 9.17) is 0 Å². The van der Waals surface area contributed by atoms with Crippen LogP contribution in [-0.2, 0) is 0 Å². The molecule has 0 amide bonds. The van der Waals surface area contributed by atoms with Crippen molar-refractivity contribution in [3.05, 3.63) is 0 Å². The van der Waals surface area contributed by atoms with Crippen molar-refractivity contribution in [2.24, 2.45) is 16.1 Å². The molecule has 1 fully saturated rings. The van der Waals surface area contributed by atoms with Gasteiger partial charge in [-0.2, -0.15) is 10.2 Å². The number of hydrogen-bond acceptors (Lipinski definition) is 3. The minimum absolute atomic E-state index is 0.375. The average molecular weight is 168 g/mol. The van der Waals surface area contributed by atoms with E-state index in [0.29, 0.717) is 5.92 Å². The Balaban J connectivity index is 1.98. The van der Waals surface area contributed by atoms with Crippen LogP contribution in [0.5, 0.6) is 0 Å². The van der Waals surface area contributed by atoms with Crippen molar-refractivity contribution < 1.29 is 5.11 Å². The van der Waals surface area contributed by atoms with E-state index in [1.165, 1.54) is 32.1 Å². The van der Waals surface area contributed by atoms with Gasteiger partial charge >= 0.3 is 0 Å². The van der Waals surface area contributed by atoms with Gasteiger partial charge in [-0.15, -0.1) is 0 Å².